The SMILES string of the molecule is NC1C=Cc2ccccc2C1N. The maximum absolute atomic E-state index is 5.91. The zero-order valence-corrected chi connectivity index (χ0v) is 6.77. The van der Waals surface area contributed by atoms with Gasteiger partial charge in [0.2, 0.25) is 0 Å². The zero-order valence-electron chi connectivity index (χ0n) is 6.77. The van der Waals surface area contributed by atoms with E-state index >= 15 is 0 Å². The van der Waals surface area contributed by atoms with E-state index in [0.717, 1.165) is 5.56 Å². The van der Waals surface area contributed by atoms with E-state index in [2.05, 4.69) is 6.07 Å². The maximum Gasteiger partial charge on any atom is 0.0491 e. The van der Waals surface area contributed by atoms with Gasteiger partial charge in [0.15, 0.2) is 0 Å². The monoisotopic (exact) mass is 160 g/mol. The van der Waals surface area contributed by atoms with Gasteiger partial charge >= 0.3 is 0 Å². The van der Waals surface area contributed by atoms with Gasteiger partial charge in [-0.3, -0.25) is 0 Å². The molecule has 0 aliphatic heterocycles. The van der Waals surface area contributed by atoms with Gasteiger partial charge in [-0.05, 0) is 11.1 Å². The molecular weight excluding hydrogens is 148 g/mol. The van der Waals surface area contributed by atoms with Crippen molar-refractivity contribution in [2.24, 2.45) is 11.5 Å². The molecule has 2 unspecified atom stereocenters. The molecule has 1 aliphatic carbocycles. The van der Waals surface area contributed by atoms with Crippen LogP contribution in [0.5, 0.6) is 0 Å². The smallest absolute Gasteiger partial charge is 0.0491 e. The van der Waals surface area contributed by atoms with Gasteiger partial charge < -0.3 is 11.5 Å². The van der Waals surface area contributed by atoms with Crippen LogP contribution in [0.15, 0.2) is 30.3 Å². The molecule has 1 aromatic carbocycles. The van der Waals surface area contributed by atoms with Gasteiger partial charge in [0, 0.05) is 12.1 Å². The third-order valence-corrected chi connectivity index (χ3v) is 2.27. The van der Waals surface area contributed by atoms with Gasteiger partial charge in [0.05, 0.1) is 0 Å². The van der Waals surface area contributed by atoms with Crippen LogP contribution in [0, 0.1) is 0 Å². The standard InChI is InChI=1S/C10H12N2/c11-9-6-5-7-3-1-2-4-8(7)10(9)12/h1-6,9-10H,11-12H2. The minimum absolute atomic E-state index is 0.0418. The maximum atomic E-state index is 5.91. The first kappa shape index (κ1) is 7.53. The van der Waals surface area contributed by atoms with Gasteiger partial charge in [0.25, 0.3) is 0 Å². The molecule has 0 saturated carbocycles. The van der Waals surface area contributed by atoms with Gasteiger partial charge in [-0.2, -0.15) is 0 Å². The van der Waals surface area contributed by atoms with Crippen LogP contribution in [-0.4, -0.2) is 6.04 Å². The number of hydrogen-bond acceptors (Lipinski definition) is 2. The van der Waals surface area contributed by atoms with E-state index in [4.69, 9.17) is 11.5 Å². The molecule has 0 spiro atoms. The van der Waals surface area contributed by atoms with Gasteiger partial charge in [-0.1, -0.05) is 36.4 Å². The largest absolute Gasteiger partial charge is 0.323 e. The summed E-state index contributed by atoms with van der Waals surface area (Å²) in [4.78, 5) is 0. The van der Waals surface area contributed by atoms with Crippen molar-refractivity contribution in [3.05, 3.63) is 41.5 Å². The fourth-order valence-electron chi connectivity index (χ4n) is 1.51. The molecule has 0 amide bonds. The Morgan fingerprint density at radius 3 is 2.67 bits per heavy atom. The number of fused-ring (bicyclic) bond motifs is 1. The summed E-state index contributed by atoms with van der Waals surface area (Å²) in [7, 11) is 0. The van der Waals surface area contributed by atoms with Gasteiger partial charge in [-0.15, -0.1) is 0 Å². The van der Waals surface area contributed by atoms with Crippen molar-refractivity contribution in [1.29, 1.82) is 0 Å². The Kier molecular flexibility index (Phi) is 1.71. The average molecular weight is 160 g/mol. The molecule has 0 radical (unpaired) electrons. The Labute approximate surface area is 71.9 Å². The average Bonchev–Trinajstić information content (AvgIpc) is 2.12. The van der Waals surface area contributed by atoms with E-state index in [1.165, 1.54) is 5.56 Å². The normalized spacial score (nSPS) is 26.8. The minimum atomic E-state index is -0.0498. The Morgan fingerprint density at radius 2 is 1.83 bits per heavy atom. The van der Waals surface area contributed by atoms with Crippen LogP contribution in [0.1, 0.15) is 17.2 Å². The summed E-state index contributed by atoms with van der Waals surface area (Å²) in [6.45, 7) is 0. The topological polar surface area (TPSA) is 52.0 Å². The first-order valence-electron chi connectivity index (χ1n) is 4.07. The Balaban J connectivity index is 2.52. The second-order valence-corrected chi connectivity index (χ2v) is 3.09. The number of nitrogens with two attached hydrogens (primary N) is 2. The number of benzene rings is 1. The van der Waals surface area contributed by atoms with E-state index in [1.54, 1.807) is 0 Å². The predicted molar refractivity (Wildman–Crippen MR) is 50.4 cm³/mol. The molecule has 2 heteroatoms. The second kappa shape index (κ2) is 2.73. The summed E-state index contributed by atoms with van der Waals surface area (Å²) in [5, 5.41) is 0. The van der Waals surface area contributed by atoms with Crippen molar-refractivity contribution in [2.75, 3.05) is 0 Å². The fourth-order valence-corrected chi connectivity index (χ4v) is 1.51. The van der Waals surface area contributed by atoms with E-state index in [1.807, 2.05) is 30.4 Å². The number of hydrogen-bond donors (Lipinski definition) is 2. The predicted octanol–water partition coefficient (Wildman–Crippen LogP) is 1.04. The Bertz CT molecular complexity index is 317. The fraction of sp³-hybridized carbons (Fsp3) is 0.200. The summed E-state index contributed by atoms with van der Waals surface area (Å²) in [6, 6.07) is 7.99. The molecule has 2 rings (SSSR count). The van der Waals surface area contributed by atoms with Gasteiger partial charge in [-0.25, -0.2) is 0 Å². The summed E-state index contributed by atoms with van der Waals surface area (Å²) < 4.78 is 0. The van der Waals surface area contributed by atoms with Crippen LogP contribution in [0.3, 0.4) is 0 Å². The lowest BCUT2D eigenvalue weighted by atomic mass is 9.90. The van der Waals surface area contributed by atoms with Crippen LogP contribution in [0.4, 0.5) is 0 Å². The van der Waals surface area contributed by atoms with Crippen molar-refractivity contribution < 1.29 is 0 Å². The quantitative estimate of drug-likeness (QED) is 0.595. The summed E-state index contributed by atoms with van der Waals surface area (Å²) in [6.07, 6.45) is 3.98. The van der Waals surface area contributed by atoms with Crippen molar-refractivity contribution in [2.45, 2.75) is 12.1 Å². The van der Waals surface area contributed by atoms with Crippen molar-refractivity contribution in [3.8, 4) is 0 Å². The molecule has 2 nitrogen and oxygen atoms in total. The van der Waals surface area contributed by atoms with E-state index in [0.29, 0.717) is 0 Å². The molecule has 0 aromatic heterocycles. The molecule has 62 valence electrons. The minimum Gasteiger partial charge on any atom is -0.323 e. The lowest BCUT2D eigenvalue weighted by molar-refractivity contribution is 0.630. The summed E-state index contributed by atoms with van der Waals surface area (Å²) in [5.41, 5.74) is 14.0. The van der Waals surface area contributed by atoms with Gasteiger partial charge in [0.1, 0.15) is 0 Å². The Hall–Kier alpha value is -1.12. The molecular formula is C10H12N2. The zero-order chi connectivity index (χ0) is 8.55. The highest BCUT2D eigenvalue weighted by molar-refractivity contribution is 5.58. The third kappa shape index (κ3) is 1.05. The number of rotatable bonds is 0. The Morgan fingerprint density at radius 1 is 1.08 bits per heavy atom. The highest BCUT2D eigenvalue weighted by Gasteiger charge is 2.18. The molecule has 0 fully saturated rings. The molecule has 2 atom stereocenters. The van der Waals surface area contributed by atoms with E-state index in [-0.39, 0.29) is 12.1 Å². The van der Waals surface area contributed by atoms with E-state index in [9.17, 15) is 0 Å². The van der Waals surface area contributed by atoms with Crippen molar-refractivity contribution in [1.82, 2.24) is 0 Å². The van der Waals surface area contributed by atoms with Crippen molar-refractivity contribution >= 4 is 6.08 Å². The lowest BCUT2D eigenvalue weighted by Crippen LogP contribution is -2.34. The highest BCUT2D eigenvalue weighted by Crippen LogP contribution is 2.24. The van der Waals surface area contributed by atoms with Crippen LogP contribution < -0.4 is 11.5 Å². The van der Waals surface area contributed by atoms with Crippen molar-refractivity contribution in [3.63, 3.8) is 0 Å². The molecule has 4 N–H and O–H groups in total. The van der Waals surface area contributed by atoms with Crippen LogP contribution in [0.25, 0.3) is 6.08 Å². The molecule has 0 heterocycles. The lowest BCUT2D eigenvalue weighted by Gasteiger charge is -2.23. The first-order valence-corrected chi connectivity index (χ1v) is 4.07. The van der Waals surface area contributed by atoms with E-state index < -0.39 is 0 Å². The summed E-state index contributed by atoms with van der Waals surface area (Å²) in [5.74, 6) is 0. The van der Waals surface area contributed by atoms with Crippen LogP contribution in [-0.2, 0) is 0 Å². The molecule has 1 aromatic rings. The molecule has 12 heavy (non-hydrogen) atoms. The van der Waals surface area contributed by atoms with Crippen LogP contribution in [0.2, 0.25) is 0 Å². The molecule has 1 aliphatic rings. The second-order valence-electron chi connectivity index (χ2n) is 3.09. The first-order chi connectivity index (χ1) is 5.79. The third-order valence-electron chi connectivity index (χ3n) is 2.27. The molecule has 0 saturated heterocycles. The van der Waals surface area contributed by atoms with Crippen LogP contribution >= 0.6 is 0 Å². The highest BCUT2D eigenvalue weighted by atomic mass is 14.8. The molecule has 0 bridgehead atoms. The summed E-state index contributed by atoms with van der Waals surface area (Å²) >= 11 is 0.